The number of amides is 2. The van der Waals surface area contributed by atoms with Crippen LogP contribution in [0.5, 0.6) is 0 Å². The number of carbonyl (C=O) groups excluding carboxylic acids is 3. The summed E-state index contributed by atoms with van der Waals surface area (Å²) in [6.45, 7) is 3.66. The molecule has 0 aromatic rings. The Balaban J connectivity index is 1.87. The highest BCUT2D eigenvalue weighted by Crippen LogP contribution is 2.22. The van der Waals surface area contributed by atoms with Crippen LogP contribution in [0.3, 0.4) is 0 Å². The van der Waals surface area contributed by atoms with E-state index >= 15 is 0 Å². The molecular formula is C12H16F3N3O4. The molecule has 10 heteroatoms. The van der Waals surface area contributed by atoms with Crippen molar-refractivity contribution in [1.29, 1.82) is 0 Å². The van der Waals surface area contributed by atoms with Gasteiger partial charge in [0.25, 0.3) is 5.91 Å². The topological polar surface area (TPSA) is 79.0 Å². The molecule has 2 heterocycles. The van der Waals surface area contributed by atoms with Crippen molar-refractivity contribution >= 4 is 17.8 Å². The minimum atomic E-state index is -5.18. The Morgan fingerprint density at radius 1 is 1.23 bits per heavy atom. The van der Waals surface area contributed by atoms with Crippen molar-refractivity contribution in [3.8, 4) is 0 Å². The third-order valence-electron chi connectivity index (χ3n) is 3.53. The van der Waals surface area contributed by atoms with E-state index in [1.165, 1.54) is 0 Å². The number of piperazine rings is 1. The summed E-state index contributed by atoms with van der Waals surface area (Å²) in [6, 6.07) is 0. The van der Waals surface area contributed by atoms with E-state index in [2.05, 4.69) is 10.1 Å². The Morgan fingerprint density at radius 3 is 2.45 bits per heavy atom. The van der Waals surface area contributed by atoms with Gasteiger partial charge in [-0.2, -0.15) is 13.2 Å². The highest BCUT2D eigenvalue weighted by atomic mass is 19.4. The first-order valence-corrected chi connectivity index (χ1v) is 6.84. The smallest absolute Gasteiger partial charge is 0.445 e. The van der Waals surface area contributed by atoms with Gasteiger partial charge in [-0.25, -0.2) is 4.79 Å². The van der Waals surface area contributed by atoms with E-state index in [4.69, 9.17) is 0 Å². The maximum Gasteiger partial charge on any atom is 0.490 e. The van der Waals surface area contributed by atoms with Crippen LogP contribution in [0, 0.1) is 0 Å². The largest absolute Gasteiger partial charge is 0.490 e. The molecule has 0 aromatic carbocycles. The molecule has 2 rings (SSSR count). The molecule has 2 aliphatic rings. The minimum absolute atomic E-state index is 0.0811. The monoisotopic (exact) mass is 323 g/mol. The second-order valence-electron chi connectivity index (χ2n) is 5.07. The molecule has 1 atom stereocenters. The quantitative estimate of drug-likeness (QED) is 0.535. The number of nitrogens with one attached hydrogen (secondary N) is 1. The van der Waals surface area contributed by atoms with Gasteiger partial charge in [0.2, 0.25) is 5.91 Å². The first-order valence-electron chi connectivity index (χ1n) is 6.84. The lowest BCUT2D eigenvalue weighted by Crippen LogP contribution is -2.47. The minimum Gasteiger partial charge on any atom is -0.445 e. The van der Waals surface area contributed by atoms with E-state index in [0.717, 1.165) is 31.1 Å². The number of nitrogens with zero attached hydrogens (tertiary/aromatic N) is 2. The highest BCUT2D eigenvalue weighted by Gasteiger charge is 2.47. The SMILES string of the molecule is O=C1CC(OC(=O)C(F)(F)F)C(=O)N1CCN1CCNCC1. The number of carbonyl (C=O) groups is 3. The fourth-order valence-electron chi connectivity index (χ4n) is 2.35. The van der Waals surface area contributed by atoms with Crippen LogP contribution < -0.4 is 5.32 Å². The second-order valence-corrected chi connectivity index (χ2v) is 5.07. The highest BCUT2D eigenvalue weighted by molar-refractivity contribution is 6.05. The van der Waals surface area contributed by atoms with E-state index in [0.29, 0.717) is 6.54 Å². The first-order chi connectivity index (χ1) is 10.3. The van der Waals surface area contributed by atoms with Crippen LogP contribution in [0.15, 0.2) is 0 Å². The van der Waals surface area contributed by atoms with E-state index in [9.17, 15) is 27.6 Å². The number of hydrogen-bond acceptors (Lipinski definition) is 6. The molecular weight excluding hydrogens is 307 g/mol. The van der Waals surface area contributed by atoms with Crippen LogP contribution in [0.4, 0.5) is 13.2 Å². The fraction of sp³-hybridized carbons (Fsp3) is 0.750. The number of hydrogen-bond donors (Lipinski definition) is 1. The zero-order valence-corrected chi connectivity index (χ0v) is 11.7. The molecule has 0 aromatic heterocycles. The van der Waals surface area contributed by atoms with E-state index < -0.39 is 36.5 Å². The maximum absolute atomic E-state index is 12.1. The summed E-state index contributed by atoms with van der Waals surface area (Å²) < 4.78 is 40.4. The molecule has 1 N–H and O–H groups in total. The zero-order chi connectivity index (χ0) is 16.3. The Morgan fingerprint density at radius 2 is 1.86 bits per heavy atom. The molecule has 124 valence electrons. The lowest BCUT2D eigenvalue weighted by atomic mass is 10.3. The zero-order valence-electron chi connectivity index (χ0n) is 11.7. The molecule has 2 amide bonds. The molecule has 2 saturated heterocycles. The Hall–Kier alpha value is -1.68. The number of esters is 1. The molecule has 7 nitrogen and oxygen atoms in total. The number of alkyl halides is 3. The fourth-order valence-corrected chi connectivity index (χ4v) is 2.35. The molecule has 2 fully saturated rings. The molecule has 0 spiro atoms. The summed E-state index contributed by atoms with van der Waals surface area (Å²) in [7, 11) is 0. The summed E-state index contributed by atoms with van der Waals surface area (Å²) in [5.41, 5.74) is 0. The summed E-state index contributed by atoms with van der Waals surface area (Å²) in [4.78, 5) is 37.2. The second kappa shape index (κ2) is 6.61. The van der Waals surface area contributed by atoms with Crippen LogP contribution in [0.2, 0.25) is 0 Å². The van der Waals surface area contributed by atoms with Gasteiger partial charge in [0.15, 0.2) is 6.10 Å². The van der Waals surface area contributed by atoms with Gasteiger partial charge in [0.1, 0.15) is 0 Å². The van der Waals surface area contributed by atoms with Crippen LogP contribution in [0.1, 0.15) is 6.42 Å². The first kappa shape index (κ1) is 16.7. The van der Waals surface area contributed by atoms with Crippen molar-refractivity contribution < 1.29 is 32.3 Å². The van der Waals surface area contributed by atoms with Crippen molar-refractivity contribution in [3.05, 3.63) is 0 Å². The third-order valence-corrected chi connectivity index (χ3v) is 3.53. The standard InChI is InChI=1S/C12H16F3N3O4/c13-12(14,15)11(21)22-8-7-9(19)18(10(8)20)6-5-17-3-1-16-2-4-17/h8,16H,1-7H2. The Kier molecular flexibility index (Phi) is 5.01. The van der Waals surface area contributed by atoms with Gasteiger partial charge < -0.3 is 10.1 Å². The summed E-state index contributed by atoms with van der Waals surface area (Å²) in [5, 5.41) is 3.15. The van der Waals surface area contributed by atoms with E-state index in [-0.39, 0.29) is 6.54 Å². The summed E-state index contributed by atoms with van der Waals surface area (Å²) >= 11 is 0. The summed E-state index contributed by atoms with van der Waals surface area (Å²) in [5.74, 6) is -3.97. The van der Waals surface area contributed by atoms with Gasteiger partial charge in [-0.1, -0.05) is 0 Å². The number of ether oxygens (including phenoxy) is 1. The van der Waals surface area contributed by atoms with Crippen LogP contribution in [-0.4, -0.2) is 79.1 Å². The van der Waals surface area contributed by atoms with Crippen molar-refractivity contribution in [2.75, 3.05) is 39.3 Å². The van der Waals surface area contributed by atoms with Gasteiger partial charge in [0.05, 0.1) is 6.42 Å². The molecule has 2 aliphatic heterocycles. The molecule has 0 saturated carbocycles. The van der Waals surface area contributed by atoms with E-state index in [1.807, 2.05) is 4.90 Å². The number of imide groups is 1. The number of halogens is 3. The van der Waals surface area contributed by atoms with Crippen molar-refractivity contribution in [3.63, 3.8) is 0 Å². The van der Waals surface area contributed by atoms with Crippen LogP contribution >= 0.6 is 0 Å². The molecule has 0 bridgehead atoms. The predicted molar refractivity (Wildman–Crippen MR) is 66.6 cm³/mol. The van der Waals surface area contributed by atoms with Gasteiger partial charge in [-0.3, -0.25) is 19.4 Å². The Bertz CT molecular complexity index is 463. The Labute approximate surface area is 124 Å². The van der Waals surface area contributed by atoms with Crippen LogP contribution in [0.25, 0.3) is 0 Å². The number of rotatable bonds is 4. The normalized spacial score (nSPS) is 24.0. The maximum atomic E-state index is 12.1. The van der Waals surface area contributed by atoms with Crippen molar-refractivity contribution in [1.82, 2.24) is 15.1 Å². The lowest BCUT2D eigenvalue weighted by Gasteiger charge is -2.28. The predicted octanol–water partition coefficient (Wildman–Crippen LogP) is -0.875. The van der Waals surface area contributed by atoms with Crippen molar-refractivity contribution in [2.45, 2.75) is 18.7 Å². The lowest BCUT2D eigenvalue weighted by molar-refractivity contribution is -0.204. The molecule has 0 aliphatic carbocycles. The van der Waals surface area contributed by atoms with Gasteiger partial charge in [-0.05, 0) is 0 Å². The van der Waals surface area contributed by atoms with Gasteiger partial charge in [-0.15, -0.1) is 0 Å². The van der Waals surface area contributed by atoms with Crippen molar-refractivity contribution in [2.24, 2.45) is 0 Å². The average molecular weight is 323 g/mol. The third kappa shape index (κ3) is 3.95. The number of likely N-dealkylation sites (tertiary alicyclic amines) is 1. The van der Waals surface area contributed by atoms with Crippen LogP contribution in [-0.2, 0) is 19.1 Å². The molecule has 1 unspecified atom stereocenters. The van der Waals surface area contributed by atoms with Gasteiger partial charge >= 0.3 is 12.1 Å². The molecule has 22 heavy (non-hydrogen) atoms. The average Bonchev–Trinajstić information content (AvgIpc) is 2.71. The molecule has 0 radical (unpaired) electrons. The summed E-state index contributed by atoms with van der Waals surface area (Å²) in [6.07, 6.45) is -7.40. The van der Waals surface area contributed by atoms with E-state index in [1.54, 1.807) is 0 Å². The van der Waals surface area contributed by atoms with Gasteiger partial charge in [0, 0.05) is 39.3 Å².